The molecule has 0 unspecified atom stereocenters. The quantitative estimate of drug-likeness (QED) is 0.220. The highest BCUT2D eigenvalue weighted by atomic mass is 15.1. The molecule has 3 aromatic heterocycles. The Labute approximate surface area is 265 Å². The molecule has 9 rings (SSSR count). The van der Waals surface area contributed by atoms with E-state index < -0.39 is 0 Å². The first kappa shape index (κ1) is 27.3. The summed E-state index contributed by atoms with van der Waals surface area (Å²) in [5.74, 6) is 1.76. The van der Waals surface area contributed by atoms with Crippen LogP contribution in [0.5, 0.6) is 0 Å². The summed E-state index contributed by atoms with van der Waals surface area (Å²) in [6.45, 7) is 0. The van der Waals surface area contributed by atoms with Crippen LogP contribution >= 0.6 is 0 Å². The zero-order chi connectivity index (χ0) is 29.7. The highest BCUT2D eigenvalue weighted by Gasteiger charge is 2.17. The molecule has 0 saturated carbocycles. The van der Waals surface area contributed by atoms with E-state index in [2.05, 4.69) is 102 Å². The van der Waals surface area contributed by atoms with E-state index in [9.17, 15) is 0 Å². The van der Waals surface area contributed by atoms with E-state index in [0.29, 0.717) is 23.2 Å². The molecular formula is C40H28N6. The zero-order valence-electron chi connectivity index (χ0n) is 24.9. The van der Waals surface area contributed by atoms with Gasteiger partial charge >= 0.3 is 0 Å². The maximum Gasteiger partial charge on any atom is 0.182 e. The third-order valence-corrected chi connectivity index (χ3v) is 8.47. The third-order valence-electron chi connectivity index (χ3n) is 8.47. The molecule has 46 heavy (non-hydrogen) atoms. The number of rotatable bonds is 4. The number of hydrogen-bond donors (Lipinski definition) is 1. The Morgan fingerprint density at radius 1 is 0.435 bits per heavy atom. The van der Waals surface area contributed by atoms with Gasteiger partial charge in [-0.15, -0.1) is 0 Å². The minimum Gasteiger partial charge on any atom is -0.344 e. The summed E-state index contributed by atoms with van der Waals surface area (Å²) in [5, 5.41) is 7.26. The molecule has 0 aliphatic carbocycles. The minimum absolute atomic E-state index is 0. The lowest BCUT2D eigenvalue weighted by molar-refractivity contribution is 1.05. The Morgan fingerprint density at radius 2 is 1.09 bits per heavy atom. The van der Waals surface area contributed by atoms with Crippen molar-refractivity contribution >= 4 is 43.4 Å². The number of nitrogens with zero attached hydrogens (tertiary/aromatic N) is 5. The van der Waals surface area contributed by atoms with Crippen LogP contribution in [0, 0.1) is 0 Å². The average Bonchev–Trinajstić information content (AvgIpc) is 3.46. The van der Waals surface area contributed by atoms with Crippen molar-refractivity contribution in [1.29, 1.82) is 0 Å². The summed E-state index contributed by atoms with van der Waals surface area (Å²) >= 11 is 0. The van der Waals surface area contributed by atoms with Crippen molar-refractivity contribution < 1.29 is 0 Å². The molecule has 6 nitrogen and oxygen atoms in total. The van der Waals surface area contributed by atoms with Crippen molar-refractivity contribution in [3.05, 3.63) is 152 Å². The largest absolute Gasteiger partial charge is 0.344 e. The van der Waals surface area contributed by atoms with Crippen molar-refractivity contribution in [3.63, 3.8) is 0 Å². The van der Waals surface area contributed by atoms with Gasteiger partial charge in [-0.25, -0.2) is 15.0 Å². The molecule has 0 amide bonds. The molecule has 218 valence electrons. The van der Waals surface area contributed by atoms with Gasteiger partial charge in [0.15, 0.2) is 17.5 Å². The topological polar surface area (TPSA) is 91.5 Å². The van der Waals surface area contributed by atoms with Gasteiger partial charge in [-0.05, 0) is 51.9 Å². The van der Waals surface area contributed by atoms with Crippen molar-refractivity contribution in [2.75, 3.05) is 0 Å². The van der Waals surface area contributed by atoms with Gasteiger partial charge in [0.25, 0.3) is 0 Å². The molecule has 3 heterocycles. The minimum atomic E-state index is 0. The summed E-state index contributed by atoms with van der Waals surface area (Å²) in [6, 6.07) is 50.3. The first-order chi connectivity index (χ1) is 22.3. The fraction of sp³-hybridized carbons (Fsp3) is 0. The Bertz CT molecular complexity index is 2540. The van der Waals surface area contributed by atoms with E-state index >= 15 is 0 Å². The second kappa shape index (κ2) is 11.0. The lowest BCUT2D eigenvalue weighted by Crippen LogP contribution is -2.02. The highest BCUT2D eigenvalue weighted by molar-refractivity contribution is 6.21. The Morgan fingerprint density at radius 3 is 1.89 bits per heavy atom. The molecule has 6 heteroatoms. The summed E-state index contributed by atoms with van der Waals surface area (Å²) in [4.78, 5) is 19.7. The molecule has 0 radical (unpaired) electrons. The van der Waals surface area contributed by atoms with E-state index in [4.69, 9.17) is 19.9 Å². The average molecular weight is 593 g/mol. The number of fused-ring (bicyclic) bond motifs is 6. The predicted molar refractivity (Wildman–Crippen MR) is 188 cm³/mol. The predicted octanol–water partition coefficient (Wildman–Crippen LogP) is 9.83. The molecular weight excluding hydrogens is 564 g/mol. The summed E-state index contributed by atoms with van der Waals surface area (Å²) < 4.78 is 2.29. The normalized spacial score (nSPS) is 11.3. The van der Waals surface area contributed by atoms with Crippen molar-refractivity contribution in [1.82, 2.24) is 30.7 Å². The van der Waals surface area contributed by atoms with Crippen LogP contribution in [0.4, 0.5) is 0 Å². The molecule has 6 aromatic carbocycles. The smallest absolute Gasteiger partial charge is 0.182 e. The second-order valence-corrected chi connectivity index (χ2v) is 11.2. The Balaban J connectivity index is 0.00000312. The van der Waals surface area contributed by atoms with Crippen LogP contribution in [-0.4, -0.2) is 24.5 Å². The third kappa shape index (κ3) is 4.48. The molecule has 0 bridgehead atoms. The molecule has 0 aliphatic heterocycles. The zero-order valence-corrected chi connectivity index (χ0v) is 24.9. The van der Waals surface area contributed by atoms with Crippen LogP contribution in [0.2, 0.25) is 0 Å². The van der Waals surface area contributed by atoms with Gasteiger partial charge in [-0.3, -0.25) is 4.98 Å². The Hall–Kier alpha value is -6.24. The van der Waals surface area contributed by atoms with Gasteiger partial charge in [-0.1, -0.05) is 115 Å². The first-order valence-electron chi connectivity index (χ1n) is 15.0. The maximum atomic E-state index is 4.94. The fourth-order valence-corrected chi connectivity index (χ4v) is 6.33. The summed E-state index contributed by atoms with van der Waals surface area (Å²) in [5.41, 5.74) is 5.82. The van der Waals surface area contributed by atoms with E-state index in [0.717, 1.165) is 33.2 Å². The van der Waals surface area contributed by atoms with E-state index in [1.165, 1.54) is 26.9 Å². The van der Waals surface area contributed by atoms with Crippen molar-refractivity contribution in [3.8, 4) is 40.0 Å². The van der Waals surface area contributed by atoms with E-state index in [1.54, 1.807) is 0 Å². The van der Waals surface area contributed by atoms with Gasteiger partial charge in [-0.2, -0.15) is 0 Å². The van der Waals surface area contributed by atoms with Gasteiger partial charge in [0.05, 0.1) is 22.9 Å². The van der Waals surface area contributed by atoms with Crippen LogP contribution in [0.25, 0.3) is 83.3 Å². The van der Waals surface area contributed by atoms with Gasteiger partial charge in [0, 0.05) is 21.9 Å². The molecule has 0 aliphatic rings. The monoisotopic (exact) mass is 592 g/mol. The number of pyridine rings is 1. The van der Waals surface area contributed by atoms with Crippen LogP contribution in [0.3, 0.4) is 0 Å². The standard InChI is InChI=1S/C40H25N5.H3N/c1-2-12-28(13-3-1)38-42-39(30-19-18-26-10-4-5-14-29(26)24-30)44-40(43-38)34-22-21-31(25-41-34)45-35-17-9-8-16-33(35)37-32-15-7-6-11-27(32)20-23-36(37)45;/h1-25H;1H3. The molecule has 9 aromatic rings. The summed E-state index contributed by atoms with van der Waals surface area (Å²) in [7, 11) is 0. The molecule has 0 spiro atoms. The van der Waals surface area contributed by atoms with Crippen LogP contribution in [-0.2, 0) is 0 Å². The fourth-order valence-electron chi connectivity index (χ4n) is 6.33. The van der Waals surface area contributed by atoms with E-state index in [1.807, 2.05) is 54.7 Å². The Kier molecular flexibility index (Phi) is 6.56. The maximum absolute atomic E-state index is 4.94. The van der Waals surface area contributed by atoms with Crippen molar-refractivity contribution in [2.45, 2.75) is 0 Å². The number of benzene rings is 6. The number of para-hydroxylation sites is 1. The van der Waals surface area contributed by atoms with Gasteiger partial charge in [0.2, 0.25) is 0 Å². The first-order valence-corrected chi connectivity index (χ1v) is 15.0. The van der Waals surface area contributed by atoms with Crippen LogP contribution in [0.1, 0.15) is 0 Å². The number of hydrogen-bond acceptors (Lipinski definition) is 5. The molecule has 0 fully saturated rings. The van der Waals surface area contributed by atoms with Gasteiger partial charge < -0.3 is 10.7 Å². The molecule has 0 saturated heterocycles. The molecule has 3 N–H and O–H groups in total. The molecule has 0 atom stereocenters. The van der Waals surface area contributed by atoms with Crippen LogP contribution < -0.4 is 6.15 Å². The summed E-state index contributed by atoms with van der Waals surface area (Å²) in [6.07, 6.45) is 1.91. The number of aromatic nitrogens is 5. The second-order valence-electron chi connectivity index (χ2n) is 11.2. The highest BCUT2D eigenvalue weighted by Crippen LogP contribution is 2.37. The van der Waals surface area contributed by atoms with Crippen molar-refractivity contribution in [2.24, 2.45) is 0 Å². The lowest BCUT2D eigenvalue weighted by Gasteiger charge is -2.10. The van der Waals surface area contributed by atoms with Crippen LogP contribution in [0.15, 0.2) is 152 Å². The lowest BCUT2D eigenvalue weighted by atomic mass is 10.0. The SMILES string of the molecule is N.c1ccc(-c2nc(-c3ccc4ccccc4c3)nc(-c3ccc(-n4c5ccccc5c5c6ccccc6ccc54)cn3)n2)cc1. The van der Waals surface area contributed by atoms with E-state index in [-0.39, 0.29) is 6.15 Å². The van der Waals surface area contributed by atoms with Gasteiger partial charge in [0.1, 0.15) is 5.69 Å².